The third kappa shape index (κ3) is 4.43. The molecule has 0 saturated heterocycles. The molecule has 0 spiro atoms. The van der Waals surface area contributed by atoms with E-state index in [0.29, 0.717) is 16.4 Å². The Hall–Kier alpha value is -3.18. The van der Waals surface area contributed by atoms with Gasteiger partial charge in [-0.3, -0.25) is 5.43 Å². The summed E-state index contributed by atoms with van der Waals surface area (Å²) < 4.78 is 0. The van der Waals surface area contributed by atoms with Crippen molar-refractivity contribution in [2.24, 2.45) is 5.10 Å². The number of aromatic hydroxyl groups is 1. The average molecular weight is 347 g/mol. The Balaban J connectivity index is 1.86. The number of thiocarbonyl (C=S) groups is 1. The number of benzene rings is 3. The lowest BCUT2D eigenvalue weighted by atomic mass is 10.0. The largest absolute Gasteiger partial charge is 0.507 e. The van der Waals surface area contributed by atoms with Crippen molar-refractivity contribution >= 4 is 28.7 Å². The molecule has 0 aliphatic heterocycles. The second kappa shape index (κ2) is 8.08. The molecule has 0 aliphatic carbocycles. The van der Waals surface area contributed by atoms with Crippen LogP contribution in [0.15, 0.2) is 90.0 Å². The highest BCUT2D eigenvalue weighted by Crippen LogP contribution is 2.20. The molecule has 3 rings (SSSR count). The highest BCUT2D eigenvalue weighted by molar-refractivity contribution is 7.80. The lowest BCUT2D eigenvalue weighted by Gasteiger charge is -2.11. The van der Waals surface area contributed by atoms with Crippen LogP contribution in [-0.4, -0.2) is 15.9 Å². The van der Waals surface area contributed by atoms with Gasteiger partial charge >= 0.3 is 0 Å². The maximum absolute atomic E-state index is 10.2. The molecule has 5 heteroatoms. The number of nitrogens with one attached hydrogen (secondary N) is 2. The summed E-state index contributed by atoms with van der Waals surface area (Å²) in [7, 11) is 0. The van der Waals surface area contributed by atoms with E-state index < -0.39 is 0 Å². The normalized spacial score (nSPS) is 11.0. The Labute approximate surface area is 151 Å². The molecule has 0 heterocycles. The topological polar surface area (TPSA) is 56.7 Å². The van der Waals surface area contributed by atoms with Gasteiger partial charge in [0.05, 0.1) is 0 Å². The van der Waals surface area contributed by atoms with Gasteiger partial charge < -0.3 is 10.4 Å². The van der Waals surface area contributed by atoms with E-state index in [4.69, 9.17) is 12.2 Å². The summed E-state index contributed by atoms with van der Waals surface area (Å²) in [4.78, 5) is 0. The van der Waals surface area contributed by atoms with E-state index in [-0.39, 0.29) is 5.75 Å². The van der Waals surface area contributed by atoms with Gasteiger partial charge in [0.2, 0.25) is 0 Å². The van der Waals surface area contributed by atoms with Gasteiger partial charge in [-0.15, -0.1) is 0 Å². The number of para-hydroxylation sites is 2. The minimum atomic E-state index is 0.161. The van der Waals surface area contributed by atoms with Gasteiger partial charge in [-0.1, -0.05) is 60.7 Å². The van der Waals surface area contributed by atoms with Gasteiger partial charge in [0.25, 0.3) is 0 Å². The van der Waals surface area contributed by atoms with E-state index in [1.165, 1.54) is 0 Å². The van der Waals surface area contributed by atoms with E-state index >= 15 is 0 Å². The first kappa shape index (κ1) is 16.7. The smallest absolute Gasteiger partial charge is 0.191 e. The van der Waals surface area contributed by atoms with Gasteiger partial charge in [0, 0.05) is 16.8 Å². The quantitative estimate of drug-likeness (QED) is 0.377. The van der Waals surface area contributed by atoms with Crippen molar-refractivity contribution in [1.82, 2.24) is 5.43 Å². The van der Waals surface area contributed by atoms with Gasteiger partial charge in [0.15, 0.2) is 5.11 Å². The van der Waals surface area contributed by atoms with E-state index in [1.807, 2.05) is 72.8 Å². The monoisotopic (exact) mass is 347 g/mol. The number of hydrazone groups is 1. The second-order valence-corrected chi connectivity index (χ2v) is 5.68. The molecule has 3 aromatic carbocycles. The Morgan fingerprint density at radius 1 is 0.800 bits per heavy atom. The van der Waals surface area contributed by atoms with Crippen molar-refractivity contribution in [2.45, 2.75) is 0 Å². The molecule has 0 aromatic heterocycles. The van der Waals surface area contributed by atoms with Crippen LogP contribution in [0.5, 0.6) is 5.75 Å². The fourth-order valence-corrected chi connectivity index (χ4v) is 2.50. The van der Waals surface area contributed by atoms with Crippen molar-refractivity contribution in [3.8, 4) is 5.75 Å². The van der Waals surface area contributed by atoms with Crippen LogP contribution in [0.4, 0.5) is 5.69 Å². The van der Waals surface area contributed by atoms with Gasteiger partial charge in [-0.25, -0.2) is 0 Å². The molecule has 25 heavy (non-hydrogen) atoms. The highest BCUT2D eigenvalue weighted by Gasteiger charge is 2.11. The number of hydrogen-bond donors (Lipinski definition) is 3. The standard InChI is InChI=1S/C20H17N3OS/c24-18-14-8-7-13-17(18)19(15-9-3-1-4-10-15)22-23-20(25)21-16-11-5-2-6-12-16/h1-14,24H,(H2,21,23,25)/b22-19+. The van der Waals surface area contributed by atoms with Crippen molar-refractivity contribution in [1.29, 1.82) is 0 Å². The van der Waals surface area contributed by atoms with Crippen molar-refractivity contribution in [3.63, 3.8) is 0 Å². The minimum absolute atomic E-state index is 0.161. The number of anilines is 1. The molecule has 0 aliphatic rings. The first-order valence-electron chi connectivity index (χ1n) is 7.77. The third-order valence-electron chi connectivity index (χ3n) is 3.51. The van der Waals surface area contributed by atoms with Crippen LogP contribution in [-0.2, 0) is 0 Å². The Kier molecular flexibility index (Phi) is 5.39. The van der Waals surface area contributed by atoms with Gasteiger partial charge in [-0.2, -0.15) is 5.10 Å². The third-order valence-corrected chi connectivity index (χ3v) is 3.70. The van der Waals surface area contributed by atoms with E-state index in [9.17, 15) is 5.11 Å². The fraction of sp³-hybridized carbons (Fsp3) is 0. The van der Waals surface area contributed by atoms with Crippen LogP contribution in [0.1, 0.15) is 11.1 Å². The summed E-state index contributed by atoms with van der Waals surface area (Å²) in [5, 5.41) is 18.0. The molecule has 0 radical (unpaired) electrons. The zero-order valence-corrected chi connectivity index (χ0v) is 14.2. The van der Waals surface area contributed by atoms with Crippen molar-refractivity contribution < 1.29 is 5.11 Å². The molecular weight excluding hydrogens is 330 g/mol. The fourth-order valence-electron chi connectivity index (χ4n) is 2.34. The minimum Gasteiger partial charge on any atom is -0.507 e. The van der Waals surface area contributed by atoms with Crippen molar-refractivity contribution in [3.05, 3.63) is 96.1 Å². The molecule has 0 saturated carbocycles. The van der Waals surface area contributed by atoms with Crippen LogP contribution in [0, 0.1) is 0 Å². The number of rotatable bonds is 4. The molecule has 3 aromatic rings. The van der Waals surface area contributed by atoms with Crippen LogP contribution in [0.3, 0.4) is 0 Å². The summed E-state index contributed by atoms with van der Waals surface area (Å²) in [6.07, 6.45) is 0. The maximum atomic E-state index is 10.2. The van der Waals surface area contributed by atoms with Crippen LogP contribution in [0.2, 0.25) is 0 Å². The first-order chi connectivity index (χ1) is 12.2. The van der Waals surface area contributed by atoms with E-state index in [2.05, 4.69) is 15.8 Å². The summed E-state index contributed by atoms with van der Waals surface area (Å²) in [6.45, 7) is 0. The molecule has 3 N–H and O–H groups in total. The zero-order valence-electron chi connectivity index (χ0n) is 13.4. The van der Waals surface area contributed by atoms with Gasteiger partial charge in [0.1, 0.15) is 11.5 Å². The second-order valence-electron chi connectivity index (χ2n) is 5.28. The zero-order chi connectivity index (χ0) is 17.5. The summed E-state index contributed by atoms with van der Waals surface area (Å²) in [5.41, 5.74) is 5.84. The molecule has 0 fully saturated rings. The van der Waals surface area contributed by atoms with E-state index in [1.54, 1.807) is 12.1 Å². The summed E-state index contributed by atoms with van der Waals surface area (Å²) in [5.74, 6) is 0.161. The predicted octanol–water partition coefficient (Wildman–Crippen LogP) is 4.13. The Morgan fingerprint density at radius 2 is 1.40 bits per heavy atom. The molecular formula is C20H17N3OS. The number of phenols is 1. The number of nitrogens with zero attached hydrogens (tertiary/aromatic N) is 1. The lowest BCUT2D eigenvalue weighted by molar-refractivity contribution is 0.474. The SMILES string of the molecule is Oc1ccccc1/C(=N/NC(=S)Nc1ccccc1)c1ccccc1. The molecule has 0 bridgehead atoms. The molecule has 0 unspecified atom stereocenters. The van der Waals surface area contributed by atoms with Crippen molar-refractivity contribution in [2.75, 3.05) is 5.32 Å². The lowest BCUT2D eigenvalue weighted by Crippen LogP contribution is -2.25. The predicted molar refractivity (Wildman–Crippen MR) is 106 cm³/mol. The highest BCUT2D eigenvalue weighted by atomic mass is 32.1. The Morgan fingerprint density at radius 3 is 2.08 bits per heavy atom. The summed E-state index contributed by atoms with van der Waals surface area (Å²) >= 11 is 5.30. The summed E-state index contributed by atoms with van der Waals surface area (Å²) in [6, 6.07) is 26.3. The maximum Gasteiger partial charge on any atom is 0.191 e. The first-order valence-corrected chi connectivity index (χ1v) is 8.18. The van der Waals surface area contributed by atoms with Crippen LogP contribution >= 0.6 is 12.2 Å². The molecule has 0 amide bonds. The van der Waals surface area contributed by atoms with Crippen LogP contribution in [0.25, 0.3) is 0 Å². The van der Waals surface area contributed by atoms with Crippen LogP contribution < -0.4 is 10.7 Å². The molecule has 4 nitrogen and oxygen atoms in total. The molecule has 0 atom stereocenters. The Bertz CT molecular complexity index is 880. The average Bonchev–Trinajstić information content (AvgIpc) is 2.65. The van der Waals surface area contributed by atoms with E-state index in [0.717, 1.165) is 11.3 Å². The van der Waals surface area contributed by atoms with Gasteiger partial charge in [-0.05, 0) is 36.5 Å². The number of hydrogen-bond acceptors (Lipinski definition) is 3. The number of phenolic OH excluding ortho intramolecular Hbond substituents is 1. The molecule has 124 valence electrons.